The molecule has 0 saturated carbocycles. The van der Waals surface area contributed by atoms with E-state index in [1.165, 1.54) is 15.0 Å². The van der Waals surface area contributed by atoms with E-state index in [0.717, 1.165) is 19.5 Å². The fraction of sp³-hybridized carbons (Fsp3) is 0.429. The molecule has 0 radical (unpaired) electrons. The van der Waals surface area contributed by atoms with Gasteiger partial charge in [0.15, 0.2) is 0 Å². The van der Waals surface area contributed by atoms with Crippen molar-refractivity contribution in [3.63, 3.8) is 0 Å². The largest absolute Gasteiger partial charge is 0.396 e. The number of nitrogens with one attached hydrogen (secondary N) is 1. The lowest BCUT2D eigenvalue weighted by atomic mass is 10.1. The summed E-state index contributed by atoms with van der Waals surface area (Å²) in [5.74, 6) is 0.536. The van der Waals surface area contributed by atoms with Crippen molar-refractivity contribution in [2.45, 2.75) is 19.9 Å². The number of hydrogen-bond acceptors (Lipinski definition) is 3. The molecule has 0 aliphatic rings. The van der Waals surface area contributed by atoms with Crippen molar-refractivity contribution >= 4 is 21.4 Å². The molecule has 3 heteroatoms. The van der Waals surface area contributed by atoms with Gasteiger partial charge in [0.1, 0.15) is 0 Å². The summed E-state index contributed by atoms with van der Waals surface area (Å²) >= 11 is 1.85. The summed E-state index contributed by atoms with van der Waals surface area (Å²) in [7, 11) is 0. The van der Waals surface area contributed by atoms with Crippen LogP contribution in [-0.2, 0) is 6.54 Å². The average Bonchev–Trinajstić information content (AvgIpc) is 2.71. The number of rotatable bonds is 6. The minimum absolute atomic E-state index is 0.283. The van der Waals surface area contributed by atoms with E-state index >= 15 is 0 Å². The molecular formula is C14H19NOS. The molecule has 1 aromatic heterocycles. The van der Waals surface area contributed by atoms with Crippen LogP contribution in [0.3, 0.4) is 0 Å². The first-order valence-electron chi connectivity index (χ1n) is 6.08. The molecule has 92 valence electrons. The molecule has 0 spiro atoms. The lowest BCUT2D eigenvalue weighted by Gasteiger charge is -2.09. The van der Waals surface area contributed by atoms with Crippen LogP contribution in [-0.4, -0.2) is 18.3 Å². The van der Waals surface area contributed by atoms with E-state index in [1.54, 1.807) is 0 Å². The summed E-state index contributed by atoms with van der Waals surface area (Å²) in [6, 6.07) is 10.7. The van der Waals surface area contributed by atoms with E-state index in [-0.39, 0.29) is 6.61 Å². The topological polar surface area (TPSA) is 32.3 Å². The van der Waals surface area contributed by atoms with Gasteiger partial charge in [-0.3, -0.25) is 0 Å². The van der Waals surface area contributed by atoms with Gasteiger partial charge in [0, 0.05) is 22.7 Å². The van der Waals surface area contributed by atoms with Gasteiger partial charge < -0.3 is 10.4 Å². The van der Waals surface area contributed by atoms with Gasteiger partial charge in [-0.1, -0.05) is 25.1 Å². The first-order valence-corrected chi connectivity index (χ1v) is 6.90. The van der Waals surface area contributed by atoms with Crippen LogP contribution in [0.5, 0.6) is 0 Å². The van der Waals surface area contributed by atoms with Crippen LogP contribution in [0, 0.1) is 5.92 Å². The van der Waals surface area contributed by atoms with Crippen molar-refractivity contribution in [1.29, 1.82) is 0 Å². The second-order valence-electron chi connectivity index (χ2n) is 4.50. The molecule has 0 aliphatic heterocycles. The Bertz CT molecular complexity index is 433. The molecule has 1 heterocycles. The zero-order valence-electron chi connectivity index (χ0n) is 10.1. The van der Waals surface area contributed by atoms with Crippen molar-refractivity contribution < 1.29 is 5.11 Å². The first kappa shape index (κ1) is 12.6. The Labute approximate surface area is 106 Å². The second kappa shape index (κ2) is 6.15. The quantitative estimate of drug-likeness (QED) is 0.825. The average molecular weight is 249 g/mol. The van der Waals surface area contributed by atoms with Crippen molar-refractivity contribution in [3.8, 4) is 0 Å². The number of aliphatic hydroxyl groups is 1. The lowest BCUT2D eigenvalue weighted by Crippen LogP contribution is -2.20. The lowest BCUT2D eigenvalue weighted by molar-refractivity contribution is 0.260. The molecule has 2 aromatic rings. The molecule has 0 fully saturated rings. The smallest absolute Gasteiger partial charge is 0.0434 e. The predicted octanol–water partition coefficient (Wildman–Crippen LogP) is 3.01. The van der Waals surface area contributed by atoms with Crippen LogP contribution in [0.4, 0.5) is 0 Å². The molecule has 1 aromatic carbocycles. The Hall–Kier alpha value is -0.900. The summed E-state index contributed by atoms with van der Waals surface area (Å²) in [6.45, 7) is 4.34. The Morgan fingerprint density at radius 2 is 2.18 bits per heavy atom. The van der Waals surface area contributed by atoms with E-state index in [1.807, 2.05) is 11.3 Å². The molecule has 17 heavy (non-hydrogen) atoms. The highest BCUT2D eigenvalue weighted by molar-refractivity contribution is 7.19. The van der Waals surface area contributed by atoms with E-state index in [9.17, 15) is 0 Å². The molecule has 0 saturated heterocycles. The Kier molecular flexibility index (Phi) is 4.54. The normalized spacial score (nSPS) is 13.1. The number of thiophene rings is 1. The molecule has 1 atom stereocenters. The molecule has 2 nitrogen and oxygen atoms in total. The Morgan fingerprint density at radius 3 is 2.94 bits per heavy atom. The number of hydrogen-bond donors (Lipinski definition) is 2. The summed E-state index contributed by atoms with van der Waals surface area (Å²) in [5, 5.41) is 13.6. The van der Waals surface area contributed by atoms with Gasteiger partial charge >= 0.3 is 0 Å². The molecule has 0 amide bonds. The number of aliphatic hydroxyl groups excluding tert-OH is 1. The van der Waals surface area contributed by atoms with E-state index < -0.39 is 0 Å². The SMILES string of the molecule is CC(CCO)CNCc1cc2ccccc2s1. The van der Waals surface area contributed by atoms with Gasteiger partial charge in [-0.05, 0) is 36.4 Å². The van der Waals surface area contributed by atoms with Crippen molar-refractivity contribution in [2.75, 3.05) is 13.2 Å². The molecule has 0 aliphatic carbocycles. The zero-order chi connectivity index (χ0) is 12.1. The fourth-order valence-corrected chi connectivity index (χ4v) is 2.92. The van der Waals surface area contributed by atoms with Crippen LogP contribution < -0.4 is 5.32 Å². The third kappa shape index (κ3) is 3.53. The third-order valence-electron chi connectivity index (χ3n) is 2.89. The van der Waals surface area contributed by atoms with Crippen LogP contribution in [0.1, 0.15) is 18.2 Å². The fourth-order valence-electron chi connectivity index (χ4n) is 1.89. The van der Waals surface area contributed by atoms with Crippen LogP contribution in [0.2, 0.25) is 0 Å². The zero-order valence-corrected chi connectivity index (χ0v) is 11.0. The minimum atomic E-state index is 0.283. The summed E-state index contributed by atoms with van der Waals surface area (Å²) in [4.78, 5) is 1.38. The van der Waals surface area contributed by atoms with E-state index in [2.05, 4.69) is 42.6 Å². The van der Waals surface area contributed by atoms with Gasteiger partial charge in [0.2, 0.25) is 0 Å². The van der Waals surface area contributed by atoms with Gasteiger partial charge in [-0.15, -0.1) is 11.3 Å². The summed E-state index contributed by atoms with van der Waals surface area (Å²) < 4.78 is 1.35. The van der Waals surface area contributed by atoms with Crippen LogP contribution in [0.15, 0.2) is 30.3 Å². The monoisotopic (exact) mass is 249 g/mol. The highest BCUT2D eigenvalue weighted by atomic mass is 32.1. The maximum Gasteiger partial charge on any atom is 0.0434 e. The van der Waals surface area contributed by atoms with Crippen molar-refractivity contribution in [3.05, 3.63) is 35.2 Å². The second-order valence-corrected chi connectivity index (χ2v) is 5.67. The molecular weight excluding hydrogens is 230 g/mol. The van der Waals surface area contributed by atoms with Crippen molar-refractivity contribution in [1.82, 2.24) is 5.32 Å². The predicted molar refractivity (Wildman–Crippen MR) is 74.4 cm³/mol. The highest BCUT2D eigenvalue weighted by Gasteiger charge is 2.03. The number of fused-ring (bicyclic) bond motifs is 1. The first-order chi connectivity index (χ1) is 8.29. The Balaban J connectivity index is 1.86. The van der Waals surface area contributed by atoms with E-state index in [0.29, 0.717) is 5.92 Å². The van der Waals surface area contributed by atoms with Crippen LogP contribution >= 0.6 is 11.3 Å². The third-order valence-corrected chi connectivity index (χ3v) is 4.01. The highest BCUT2D eigenvalue weighted by Crippen LogP contribution is 2.24. The summed E-state index contributed by atoms with van der Waals surface area (Å²) in [6.07, 6.45) is 0.874. The maximum absolute atomic E-state index is 8.82. The molecule has 1 unspecified atom stereocenters. The van der Waals surface area contributed by atoms with Gasteiger partial charge in [0.05, 0.1) is 0 Å². The van der Waals surface area contributed by atoms with E-state index in [4.69, 9.17) is 5.11 Å². The molecule has 0 bridgehead atoms. The minimum Gasteiger partial charge on any atom is -0.396 e. The maximum atomic E-state index is 8.82. The summed E-state index contributed by atoms with van der Waals surface area (Å²) in [5.41, 5.74) is 0. The standard InChI is InChI=1S/C14H19NOS/c1-11(6-7-16)9-15-10-13-8-12-4-2-3-5-14(12)17-13/h2-5,8,11,15-16H,6-7,9-10H2,1H3. The number of benzene rings is 1. The van der Waals surface area contributed by atoms with Gasteiger partial charge in [-0.2, -0.15) is 0 Å². The van der Waals surface area contributed by atoms with Gasteiger partial charge in [-0.25, -0.2) is 0 Å². The molecule has 2 rings (SSSR count). The van der Waals surface area contributed by atoms with Crippen LogP contribution in [0.25, 0.3) is 10.1 Å². The Morgan fingerprint density at radius 1 is 1.35 bits per heavy atom. The van der Waals surface area contributed by atoms with Gasteiger partial charge in [0.25, 0.3) is 0 Å². The van der Waals surface area contributed by atoms with Crippen molar-refractivity contribution in [2.24, 2.45) is 5.92 Å². The molecule has 2 N–H and O–H groups in total.